The molecule has 0 spiro atoms. The van der Waals surface area contributed by atoms with E-state index in [4.69, 9.17) is 9.47 Å². The number of methoxy groups -OCH3 is 2. The molecule has 1 saturated carbocycles. The van der Waals surface area contributed by atoms with Gasteiger partial charge < -0.3 is 14.8 Å². The van der Waals surface area contributed by atoms with Gasteiger partial charge in [-0.05, 0) is 19.3 Å². The first-order chi connectivity index (χ1) is 9.10. The molecule has 1 aliphatic carbocycles. The predicted molar refractivity (Wildman–Crippen MR) is 69.5 cm³/mol. The number of ether oxygens (including phenoxy) is 2. The zero-order valence-corrected chi connectivity index (χ0v) is 11.0. The van der Waals surface area contributed by atoms with Crippen LogP contribution in [0.5, 0.6) is 5.88 Å². The van der Waals surface area contributed by atoms with Crippen LogP contribution in [0.4, 0.5) is 11.5 Å². The number of rotatable bonds is 6. The highest BCUT2D eigenvalue weighted by atomic mass is 16.6. The second kappa shape index (κ2) is 5.40. The zero-order valence-electron chi connectivity index (χ0n) is 11.0. The van der Waals surface area contributed by atoms with Gasteiger partial charge in [0.15, 0.2) is 0 Å². The normalized spacial score (nSPS) is 16.5. The Labute approximate surface area is 111 Å². The van der Waals surface area contributed by atoms with Crippen molar-refractivity contribution in [2.24, 2.45) is 0 Å². The maximum absolute atomic E-state index is 11.0. The third-order valence-corrected chi connectivity index (χ3v) is 3.53. The molecule has 7 nitrogen and oxygen atoms in total. The van der Waals surface area contributed by atoms with Crippen LogP contribution in [0.25, 0.3) is 0 Å². The van der Waals surface area contributed by atoms with Crippen molar-refractivity contribution >= 4 is 11.5 Å². The molecule has 1 aliphatic rings. The minimum Gasteiger partial charge on any atom is -0.481 e. The minimum absolute atomic E-state index is 0.0635. The van der Waals surface area contributed by atoms with E-state index in [-0.39, 0.29) is 17.1 Å². The van der Waals surface area contributed by atoms with E-state index in [1.54, 1.807) is 7.11 Å². The summed E-state index contributed by atoms with van der Waals surface area (Å²) in [4.78, 5) is 14.6. The third-order valence-electron chi connectivity index (χ3n) is 3.53. The number of nitrogens with one attached hydrogen (secondary N) is 1. The molecule has 1 N–H and O–H groups in total. The highest BCUT2D eigenvalue weighted by Gasteiger charge is 2.37. The summed E-state index contributed by atoms with van der Waals surface area (Å²) in [5.41, 5.74) is -0.287. The summed E-state index contributed by atoms with van der Waals surface area (Å²) in [6.45, 7) is 0.504. The van der Waals surface area contributed by atoms with E-state index >= 15 is 0 Å². The first-order valence-electron chi connectivity index (χ1n) is 6.09. The minimum atomic E-state index is -0.463. The van der Waals surface area contributed by atoms with Crippen molar-refractivity contribution in [1.82, 2.24) is 4.98 Å². The summed E-state index contributed by atoms with van der Waals surface area (Å²) >= 11 is 0. The van der Waals surface area contributed by atoms with E-state index < -0.39 is 4.92 Å². The largest absolute Gasteiger partial charge is 0.481 e. The number of nitrogens with zero attached hydrogens (tertiary/aromatic N) is 2. The fourth-order valence-corrected chi connectivity index (χ4v) is 2.09. The van der Waals surface area contributed by atoms with E-state index in [9.17, 15) is 10.1 Å². The van der Waals surface area contributed by atoms with Crippen LogP contribution >= 0.6 is 0 Å². The molecular formula is C12H17N3O4. The van der Waals surface area contributed by atoms with E-state index in [0.717, 1.165) is 19.3 Å². The van der Waals surface area contributed by atoms with Crippen LogP contribution in [0.1, 0.15) is 19.3 Å². The molecule has 0 saturated heterocycles. The molecule has 0 amide bonds. The Morgan fingerprint density at radius 3 is 2.68 bits per heavy atom. The van der Waals surface area contributed by atoms with Crippen LogP contribution in [0.2, 0.25) is 0 Å². The third kappa shape index (κ3) is 2.76. The predicted octanol–water partition coefficient (Wildman–Crippen LogP) is 1.98. The monoisotopic (exact) mass is 267 g/mol. The number of hydrogen-bond donors (Lipinski definition) is 1. The Kier molecular flexibility index (Phi) is 3.84. The molecule has 1 aromatic rings. The van der Waals surface area contributed by atoms with Gasteiger partial charge in [0.2, 0.25) is 11.7 Å². The van der Waals surface area contributed by atoms with Crippen LogP contribution in [0.15, 0.2) is 12.1 Å². The van der Waals surface area contributed by atoms with E-state index in [0.29, 0.717) is 12.4 Å². The molecule has 0 aliphatic heterocycles. The molecular weight excluding hydrogens is 250 g/mol. The lowest BCUT2D eigenvalue weighted by atomic mass is 9.80. The summed E-state index contributed by atoms with van der Waals surface area (Å²) in [5, 5.41) is 14.0. The quantitative estimate of drug-likeness (QED) is 0.626. The number of hydrogen-bond acceptors (Lipinski definition) is 6. The van der Waals surface area contributed by atoms with Crippen molar-refractivity contribution in [3.05, 3.63) is 22.2 Å². The van der Waals surface area contributed by atoms with Crippen molar-refractivity contribution in [2.45, 2.75) is 24.9 Å². The zero-order chi connectivity index (χ0) is 13.9. The SMILES string of the molecule is COc1ccc([N+](=O)[O-])c(NCC2(OC)CCC2)n1. The van der Waals surface area contributed by atoms with Crippen LogP contribution in [-0.2, 0) is 4.74 Å². The number of nitro groups is 1. The van der Waals surface area contributed by atoms with Crippen molar-refractivity contribution in [3.8, 4) is 5.88 Å². The van der Waals surface area contributed by atoms with E-state index in [1.165, 1.54) is 19.2 Å². The maximum atomic E-state index is 11.0. The molecule has 19 heavy (non-hydrogen) atoms. The van der Waals surface area contributed by atoms with Crippen LogP contribution in [0.3, 0.4) is 0 Å². The van der Waals surface area contributed by atoms with Crippen molar-refractivity contribution in [2.75, 3.05) is 26.1 Å². The lowest BCUT2D eigenvalue weighted by Gasteiger charge is -2.40. The van der Waals surface area contributed by atoms with Gasteiger partial charge >= 0.3 is 5.69 Å². The fraction of sp³-hybridized carbons (Fsp3) is 0.583. The average Bonchev–Trinajstić information content (AvgIpc) is 2.37. The van der Waals surface area contributed by atoms with E-state index in [2.05, 4.69) is 10.3 Å². The van der Waals surface area contributed by atoms with Gasteiger partial charge in [-0.3, -0.25) is 10.1 Å². The Balaban J connectivity index is 2.15. The highest BCUT2D eigenvalue weighted by Crippen LogP contribution is 2.36. The lowest BCUT2D eigenvalue weighted by molar-refractivity contribution is -0.384. The Morgan fingerprint density at radius 1 is 1.47 bits per heavy atom. The van der Waals surface area contributed by atoms with Gasteiger partial charge in [0.25, 0.3) is 0 Å². The Hall–Kier alpha value is -1.89. The first-order valence-corrected chi connectivity index (χ1v) is 6.09. The number of anilines is 1. The van der Waals surface area contributed by atoms with Gasteiger partial charge in [-0.15, -0.1) is 0 Å². The maximum Gasteiger partial charge on any atom is 0.311 e. The second-order valence-corrected chi connectivity index (χ2v) is 4.57. The van der Waals surface area contributed by atoms with Crippen molar-refractivity contribution in [3.63, 3.8) is 0 Å². The Bertz CT molecular complexity index is 469. The molecule has 0 radical (unpaired) electrons. The molecule has 0 bridgehead atoms. The van der Waals surface area contributed by atoms with E-state index in [1.807, 2.05) is 0 Å². The van der Waals surface area contributed by atoms with Gasteiger partial charge in [-0.1, -0.05) is 0 Å². The summed E-state index contributed by atoms with van der Waals surface area (Å²) in [5.74, 6) is 0.556. The molecule has 104 valence electrons. The van der Waals surface area contributed by atoms with Crippen LogP contribution in [0, 0.1) is 10.1 Å². The number of pyridine rings is 1. The van der Waals surface area contributed by atoms with Gasteiger partial charge in [0.1, 0.15) is 0 Å². The molecule has 0 atom stereocenters. The molecule has 0 unspecified atom stereocenters. The molecule has 1 aromatic heterocycles. The second-order valence-electron chi connectivity index (χ2n) is 4.57. The molecule has 1 heterocycles. The fourth-order valence-electron chi connectivity index (χ4n) is 2.09. The summed E-state index contributed by atoms with van der Waals surface area (Å²) in [7, 11) is 3.13. The van der Waals surface area contributed by atoms with Gasteiger partial charge in [-0.25, -0.2) is 0 Å². The average molecular weight is 267 g/mol. The molecule has 2 rings (SSSR count). The van der Waals surface area contributed by atoms with Crippen LogP contribution in [-0.4, -0.2) is 36.3 Å². The molecule has 1 fully saturated rings. The summed E-state index contributed by atoms with van der Waals surface area (Å²) in [6.07, 6.45) is 3.02. The van der Waals surface area contributed by atoms with Crippen molar-refractivity contribution in [1.29, 1.82) is 0 Å². The van der Waals surface area contributed by atoms with Gasteiger partial charge in [0.05, 0.1) is 17.6 Å². The highest BCUT2D eigenvalue weighted by molar-refractivity contribution is 5.57. The van der Waals surface area contributed by atoms with Crippen LogP contribution < -0.4 is 10.1 Å². The van der Waals surface area contributed by atoms with Gasteiger partial charge in [-0.2, -0.15) is 4.98 Å². The van der Waals surface area contributed by atoms with Gasteiger partial charge in [0, 0.05) is 25.8 Å². The molecule has 7 heteroatoms. The van der Waals surface area contributed by atoms with Crippen molar-refractivity contribution < 1.29 is 14.4 Å². The summed E-state index contributed by atoms with van der Waals surface area (Å²) in [6, 6.07) is 2.85. The Morgan fingerprint density at radius 2 is 2.21 bits per heavy atom. The topological polar surface area (TPSA) is 86.5 Å². The molecule has 0 aromatic carbocycles. The smallest absolute Gasteiger partial charge is 0.311 e. The first kappa shape index (κ1) is 13.5. The standard InChI is InChI=1S/C12H17N3O4/c1-18-10-5-4-9(15(16)17)11(14-10)13-8-12(19-2)6-3-7-12/h4-5H,3,6-8H2,1-2H3,(H,13,14). The number of aromatic nitrogens is 1. The lowest BCUT2D eigenvalue weighted by Crippen LogP contribution is -2.45. The summed E-state index contributed by atoms with van der Waals surface area (Å²) < 4.78 is 10.4.